The van der Waals surface area contributed by atoms with Crippen LogP contribution >= 0.6 is 22.9 Å². The molecule has 2 fully saturated rings. The number of piperidine rings is 1. The van der Waals surface area contributed by atoms with Gasteiger partial charge in [0.2, 0.25) is 10.0 Å². The zero-order valence-electron chi connectivity index (χ0n) is 17.8. The number of ether oxygens (including phenoxy) is 1. The topological polar surface area (TPSA) is 71.5 Å². The molecule has 2 atom stereocenters. The molecule has 2 aliphatic heterocycles. The first-order chi connectivity index (χ1) is 15.4. The fourth-order valence-electron chi connectivity index (χ4n) is 5.03. The summed E-state index contributed by atoms with van der Waals surface area (Å²) in [6.07, 6.45) is 6.03. The van der Waals surface area contributed by atoms with E-state index in [-0.39, 0.29) is 12.1 Å². The van der Waals surface area contributed by atoms with Gasteiger partial charge < -0.3 is 10.1 Å². The van der Waals surface area contributed by atoms with Gasteiger partial charge in [-0.2, -0.15) is 4.31 Å². The van der Waals surface area contributed by atoms with Crippen molar-refractivity contribution in [1.82, 2.24) is 14.6 Å². The van der Waals surface area contributed by atoms with E-state index in [1.165, 1.54) is 23.2 Å². The first kappa shape index (κ1) is 22.1. The molecule has 3 aromatic rings. The number of aromatic nitrogens is 1. The molecule has 3 heterocycles. The van der Waals surface area contributed by atoms with E-state index < -0.39 is 10.0 Å². The lowest BCUT2D eigenvalue weighted by atomic mass is 9.99. The number of benzene rings is 2. The third kappa shape index (κ3) is 4.65. The zero-order valence-corrected chi connectivity index (χ0v) is 20.2. The Morgan fingerprint density at radius 1 is 1.16 bits per heavy atom. The third-order valence-electron chi connectivity index (χ3n) is 6.37. The lowest BCUT2D eigenvalue weighted by Gasteiger charge is -2.37. The molecule has 170 valence electrons. The lowest BCUT2D eigenvalue weighted by Crippen LogP contribution is -2.51. The van der Waals surface area contributed by atoms with Crippen LogP contribution < -0.4 is 10.1 Å². The van der Waals surface area contributed by atoms with Crippen molar-refractivity contribution in [2.75, 3.05) is 12.8 Å². The maximum absolute atomic E-state index is 12.0. The van der Waals surface area contributed by atoms with Gasteiger partial charge >= 0.3 is 0 Å². The van der Waals surface area contributed by atoms with Crippen LogP contribution in [-0.4, -0.2) is 48.6 Å². The van der Waals surface area contributed by atoms with Gasteiger partial charge in [-0.1, -0.05) is 41.1 Å². The van der Waals surface area contributed by atoms with Gasteiger partial charge in [-0.3, -0.25) is 0 Å². The monoisotopic (exact) mass is 491 g/mol. The Bertz CT molecular complexity index is 1200. The van der Waals surface area contributed by atoms with E-state index in [2.05, 4.69) is 22.4 Å². The van der Waals surface area contributed by atoms with E-state index in [1.807, 2.05) is 30.3 Å². The molecule has 0 aliphatic carbocycles. The van der Waals surface area contributed by atoms with Crippen molar-refractivity contribution in [3.05, 3.63) is 53.1 Å². The smallest absolute Gasteiger partial charge is 0.279 e. The first-order valence-electron chi connectivity index (χ1n) is 10.9. The van der Waals surface area contributed by atoms with Gasteiger partial charge in [-0.15, -0.1) is 0 Å². The number of halogens is 1. The van der Waals surface area contributed by atoms with Crippen molar-refractivity contribution in [3.63, 3.8) is 0 Å². The van der Waals surface area contributed by atoms with Crippen LogP contribution in [0.15, 0.2) is 42.5 Å². The molecule has 2 saturated heterocycles. The highest BCUT2D eigenvalue weighted by Gasteiger charge is 2.44. The number of nitrogens with zero attached hydrogens (tertiary/aromatic N) is 2. The summed E-state index contributed by atoms with van der Waals surface area (Å²) in [7, 11) is -3.10. The minimum Gasteiger partial charge on any atom is -0.431 e. The van der Waals surface area contributed by atoms with E-state index in [0.29, 0.717) is 16.3 Å². The fraction of sp³-hybridized carbons (Fsp3) is 0.435. The summed E-state index contributed by atoms with van der Waals surface area (Å²) in [4.78, 5) is 4.48. The molecule has 0 saturated carbocycles. The summed E-state index contributed by atoms with van der Waals surface area (Å²) in [6, 6.07) is 14.5. The summed E-state index contributed by atoms with van der Waals surface area (Å²) < 4.78 is 32.8. The van der Waals surface area contributed by atoms with Crippen molar-refractivity contribution in [1.29, 1.82) is 0 Å². The first-order valence-corrected chi connectivity index (χ1v) is 13.9. The predicted octanol–water partition coefficient (Wildman–Crippen LogP) is 4.83. The molecule has 2 aromatic carbocycles. The number of hydrogen-bond donors (Lipinski definition) is 1. The zero-order chi connectivity index (χ0) is 22.3. The van der Waals surface area contributed by atoms with Gasteiger partial charge in [0.25, 0.3) is 5.19 Å². The summed E-state index contributed by atoms with van der Waals surface area (Å²) in [5.41, 5.74) is 2.00. The molecule has 2 bridgehead atoms. The summed E-state index contributed by atoms with van der Waals surface area (Å²) in [6.45, 7) is 0.875. The highest BCUT2D eigenvalue weighted by Crippen LogP contribution is 2.37. The van der Waals surface area contributed by atoms with E-state index in [9.17, 15) is 8.42 Å². The Labute approximate surface area is 197 Å². The minimum absolute atomic E-state index is 0.162. The maximum atomic E-state index is 12.0. The number of hydrogen-bond acceptors (Lipinski definition) is 6. The van der Waals surface area contributed by atoms with Crippen molar-refractivity contribution >= 4 is 43.2 Å². The van der Waals surface area contributed by atoms with Crippen molar-refractivity contribution in [3.8, 4) is 10.9 Å². The van der Waals surface area contributed by atoms with Crippen molar-refractivity contribution in [2.45, 2.75) is 50.2 Å². The molecule has 0 spiro atoms. The molecule has 2 unspecified atom stereocenters. The van der Waals surface area contributed by atoms with E-state index >= 15 is 0 Å². The van der Waals surface area contributed by atoms with Crippen LogP contribution in [0, 0.1) is 0 Å². The van der Waals surface area contributed by atoms with Crippen LogP contribution in [0.1, 0.15) is 31.2 Å². The van der Waals surface area contributed by atoms with Gasteiger partial charge in [0, 0.05) is 18.1 Å². The van der Waals surface area contributed by atoms with Crippen LogP contribution in [0.4, 0.5) is 0 Å². The van der Waals surface area contributed by atoms with Crippen LogP contribution in [-0.2, 0) is 16.4 Å². The number of rotatable bonds is 7. The third-order valence-corrected chi connectivity index (χ3v) is 8.94. The molecule has 0 radical (unpaired) electrons. The highest BCUT2D eigenvalue weighted by molar-refractivity contribution is 7.88. The largest absolute Gasteiger partial charge is 0.431 e. The van der Waals surface area contributed by atoms with Gasteiger partial charge in [0.15, 0.2) is 0 Å². The Kier molecular flexibility index (Phi) is 6.15. The standard InChI is InChI=1S/C23H26ClN3O3S2/c1-32(28,29)27-17-7-8-18(27)14-16(13-17)25-12-11-15-5-9-19(10-6-15)30-23-26-22-20(24)3-2-4-21(22)31-23/h2-6,9-10,16-18,25H,7-8,11-14H2,1H3. The minimum atomic E-state index is -3.10. The van der Waals surface area contributed by atoms with E-state index in [0.717, 1.165) is 54.6 Å². The van der Waals surface area contributed by atoms with E-state index in [4.69, 9.17) is 16.3 Å². The van der Waals surface area contributed by atoms with Crippen LogP contribution in [0.25, 0.3) is 10.2 Å². The Morgan fingerprint density at radius 3 is 2.53 bits per heavy atom. The quantitative estimate of drug-likeness (QED) is 0.512. The number of thiazole rings is 1. The summed E-state index contributed by atoms with van der Waals surface area (Å²) in [5.74, 6) is 0.751. The van der Waals surface area contributed by atoms with Gasteiger partial charge in [0.05, 0.1) is 16.0 Å². The second kappa shape index (κ2) is 8.91. The number of para-hydroxylation sites is 1. The molecule has 1 N–H and O–H groups in total. The van der Waals surface area contributed by atoms with E-state index in [1.54, 1.807) is 4.31 Å². The van der Waals surface area contributed by atoms with Crippen molar-refractivity contribution in [2.24, 2.45) is 0 Å². The van der Waals surface area contributed by atoms with Gasteiger partial charge in [0.1, 0.15) is 11.3 Å². The second-order valence-electron chi connectivity index (χ2n) is 8.66. The molecule has 9 heteroatoms. The molecule has 6 nitrogen and oxygen atoms in total. The second-order valence-corrected chi connectivity index (χ2v) is 12.0. The normalized spacial score (nSPS) is 23.6. The lowest BCUT2D eigenvalue weighted by molar-refractivity contribution is 0.208. The van der Waals surface area contributed by atoms with Crippen LogP contribution in [0.2, 0.25) is 5.02 Å². The number of nitrogens with one attached hydrogen (secondary N) is 1. The number of fused-ring (bicyclic) bond motifs is 3. The summed E-state index contributed by atoms with van der Waals surface area (Å²) in [5, 5.41) is 4.86. The molecule has 32 heavy (non-hydrogen) atoms. The fourth-order valence-corrected chi connectivity index (χ4v) is 7.63. The Morgan fingerprint density at radius 2 is 1.88 bits per heavy atom. The molecule has 5 rings (SSSR count). The molecule has 0 amide bonds. The molecule has 1 aromatic heterocycles. The SMILES string of the molecule is CS(=O)(=O)N1C2CCC1CC(NCCc1ccc(Oc3nc4c(Cl)cccc4s3)cc1)C2. The highest BCUT2D eigenvalue weighted by atomic mass is 35.5. The summed E-state index contributed by atoms with van der Waals surface area (Å²) >= 11 is 7.68. The predicted molar refractivity (Wildman–Crippen MR) is 129 cm³/mol. The average molecular weight is 492 g/mol. The Balaban J connectivity index is 1.13. The Hall–Kier alpha value is -1.71. The average Bonchev–Trinajstić information content (AvgIpc) is 3.28. The molecular formula is C23H26ClN3O3S2. The van der Waals surface area contributed by atoms with Crippen LogP contribution in [0.3, 0.4) is 0 Å². The van der Waals surface area contributed by atoms with Crippen molar-refractivity contribution < 1.29 is 13.2 Å². The van der Waals surface area contributed by atoms with Crippen LogP contribution in [0.5, 0.6) is 10.9 Å². The maximum Gasteiger partial charge on any atom is 0.279 e. The van der Waals surface area contributed by atoms with Gasteiger partial charge in [-0.05, 0) is 68.5 Å². The number of sulfonamides is 1. The molecule has 2 aliphatic rings. The van der Waals surface area contributed by atoms with Gasteiger partial charge in [-0.25, -0.2) is 13.4 Å². The molecular weight excluding hydrogens is 466 g/mol.